The van der Waals surface area contributed by atoms with E-state index in [9.17, 15) is 35.9 Å². The van der Waals surface area contributed by atoms with E-state index in [-0.39, 0.29) is 41.5 Å². The molecular weight excluding hydrogens is 556 g/mol. The van der Waals surface area contributed by atoms with Crippen LogP contribution in [0, 0.1) is 17.1 Å². The SMILES string of the molecule is C[C@@H](NC1=C(C(=N)c2cc(OCC(F)(F)F)ncc2F)CC[C@@H](C(=O)NC2(C)CCS(=O)(=O)CC2)C1)C(C)(C)O. The highest BCUT2D eigenvalue weighted by atomic mass is 32.2. The minimum Gasteiger partial charge on any atom is -0.468 e. The van der Waals surface area contributed by atoms with E-state index >= 15 is 0 Å². The van der Waals surface area contributed by atoms with Crippen molar-refractivity contribution in [2.75, 3.05) is 18.1 Å². The number of sulfone groups is 1. The summed E-state index contributed by atoms with van der Waals surface area (Å²) in [4.78, 5) is 16.8. The molecule has 4 N–H and O–H groups in total. The number of amides is 1. The molecule has 1 aromatic heterocycles. The molecule has 14 heteroatoms. The average Bonchev–Trinajstić information content (AvgIpc) is 2.84. The maximum absolute atomic E-state index is 14.7. The van der Waals surface area contributed by atoms with Crippen molar-refractivity contribution in [3.8, 4) is 5.88 Å². The number of carbonyl (C=O) groups is 1. The second-order valence-electron chi connectivity index (χ2n) is 11.4. The van der Waals surface area contributed by atoms with E-state index in [2.05, 4.69) is 20.4 Å². The van der Waals surface area contributed by atoms with Crippen LogP contribution in [0.3, 0.4) is 0 Å². The Bertz CT molecular complexity index is 1260. The molecule has 1 aliphatic heterocycles. The quantitative estimate of drug-likeness (QED) is 0.254. The van der Waals surface area contributed by atoms with Crippen molar-refractivity contribution in [2.24, 2.45) is 5.92 Å². The lowest BCUT2D eigenvalue weighted by atomic mass is 9.82. The molecular formula is C26H36F4N4O5S. The number of ether oxygens (including phenoxy) is 1. The van der Waals surface area contributed by atoms with E-state index in [1.54, 1.807) is 27.7 Å². The Morgan fingerprint density at radius 1 is 1.30 bits per heavy atom. The maximum Gasteiger partial charge on any atom is 0.422 e. The van der Waals surface area contributed by atoms with Crippen LogP contribution in [0.4, 0.5) is 17.6 Å². The Morgan fingerprint density at radius 2 is 1.93 bits per heavy atom. The van der Waals surface area contributed by atoms with Crippen LogP contribution in [-0.4, -0.2) is 71.6 Å². The molecule has 0 aromatic carbocycles. The van der Waals surface area contributed by atoms with Crippen LogP contribution in [0.25, 0.3) is 0 Å². The number of rotatable bonds is 9. The highest BCUT2D eigenvalue weighted by molar-refractivity contribution is 7.91. The van der Waals surface area contributed by atoms with Gasteiger partial charge in [-0.15, -0.1) is 0 Å². The molecule has 1 aliphatic carbocycles. The standard InChI is InChI=1S/C26H36F4N4O5S/c1-15(24(2,3)36)33-20-11-16(23(35)34-25(4)7-9-40(37,38)10-8-25)5-6-17(20)22(31)18-12-21(32-13-19(18)27)39-14-26(28,29)30/h12-13,15-16,31,33,36H,5-11,14H2,1-4H3,(H,34,35)/t15-,16-/m1/s1. The van der Waals surface area contributed by atoms with E-state index in [4.69, 9.17) is 5.41 Å². The molecule has 40 heavy (non-hydrogen) atoms. The van der Waals surface area contributed by atoms with Crippen LogP contribution >= 0.6 is 0 Å². The number of aliphatic hydroxyl groups is 1. The number of alkyl halides is 3. The summed E-state index contributed by atoms with van der Waals surface area (Å²) in [5.74, 6) is -2.27. The predicted octanol–water partition coefficient (Wildman–Crippen LogP) is 3.42. The van der Waals surface area contributed by atoms with Crippen LogP contribution in [0.15, 0.2) is 23.5 Å². The Morgan fingerprint density at radius 3 is 2.50 bits per heavy atom. The molecule has 0 radical (unpaired) electrons. The van der Waals surface area contributed by atoms with Crippen LogP contribution in [0.2, 0.25) is 0 Å². The fourth-order valence-corrected chi connectivity index (χ4v) is 6.27. The molecule has 2 aliphatic rings. The maximum atomic E-state index is 14.7. The molecule has 0 saturated carbocycles. The largest absolute Gasteiger partial charge is 0.468 e. The van der Waals surface area contributed by atoms with E-state index < -0.39 is 57.4 Å². The van der Waals surface area contributed by atoms with Gasteiger partial charge in [0.1, 0.15) is 9.84 Å². The van der Waals surface area contributed by atoms with E-state index in [1.165, 1.54) is 0 Å². The van der Waals surface area contributed by atoms with Gasteiger partial charge >= 0.3 is 6.18 Å². The zero-order valence-corrected chi connectivity index (χ0v) is 23.7. The molecule has 0 spiro atoms. The highest BCUT2D eigenvalue weighted by Gasteiger charge is 2.38. The van der Waals surface area contributed by atoms with Gasteiger partial charge in [-0.2, -0.15) is 13.2 Å². The van der Waals surface area contributed by atoms with Crippen molar-refractivity contribution in [2.45, 2.75) is 83.2 Å². The predicted molar refractivity (Wildman–Crippen MR) is 140 cm³/mol. The first kappa shape index (κ1) is 31.8. The molecule has 0 bridgehead atoms. The number of hydrogen-bond acceptors (Lipinski definition) is 8. The van der Waals surface area contributed by atoms with Crippen molar-refractivity contribution in [1.29, 1.82) is 5.41 Å². The molecule has 1 aromatic rings. The Balaban J connectivity index is 1.87. The highest BCUT2D eigenvalue weighted by Crippen LogP contribution is 2.34. The number of carbonyl (C=O) groups excluding carboxylic acids is 1. The number of hydrogen-bond donors (Lipinski definition) is 4. The lowest BCUT2D eigenvalue weighted by Gasteiger charge is -2.37. The number of pyridine rings is 1. The van der Waals surface area contributed by atoms with E-state index in [0.717, 1.165) is 6.07 Å². The fraction of sp³-hybridized carbons (Fsp3) is 0.654. The topological polar surface area (TPSA) is 141 Å². The number of nitrogens with zero attached hydrogens (tertiary/aromatic N) is 1. The van der Waals surface area contributed by atoms with Gasteiger partial charge in [0.15, 0.2) is 12.4 Å². The van der Waals surface area contributed by atoms with Gasteiger partial charge in [-0.1, -0.05) is 0 Å². The first-order valence-electron chi connectivity index (χ1n) is 13.0. The fourth-order valence-electron chi connectivity index (χ4n) is 4.55. The third kappa shape index (κ3) is 8.38. The second kappa shape index (κ2) is 11.6. The van der Waals surface area contributed by atoms with Crippen molar-refractivity contribution < 1.29 is 40.6 Å². The van der Waals surface area contributed by atoms with Crippen LogP contribution in [0.1, 0.15) is 65.4 Å². The zero-order chi connectivity index (χ0) is 30.1. The second-order valence-corrected chi connectivity index (χ2v) is 13.7. The van der Waals surface area contributed by atoms with E-state index in [1.807, 2.05) is 0 Å². The Hall–Kier alpha value is -2.74. The van der Waals surface area contributed by atoms with Crippen molar-refractivity contribution >= 4 is 21.5 Å². The Labute approximate surface area is 231 Å². The van der Waals surface area contributed by atoms with Crippen LogP contribution in [-0.2, 0) is 14.6 Å². The number of halogens is 4. The Kier molecular flexibility index (Phi) is 9.24. The van der Waals surface area contributed by atoms with Gasteiger partial charge in [0.2, 0.25) is 11.8 Å². The van der Waals surface area contributed by atoms with Gasteiger partial charge in [0.05, 0.1) is 35.1 Å². The first-order valence-corrected chi connectivity index (χ1v) is 14.8. The first-order chi connectivity index (χ1) is 18.3. The molecule has 2 heterocycles. The van der Waals surface area contributed by atoms with Crippen molar-refractivity contribution in [1.82, 2.24) is 15.6 Å². The van der Waals surface area contributed by atoms with Gasteiger partial charge < -0.3 is 20.5 Å². The molecule has 1 fully saturated rings. The van der Waals surface area contributed by atoms with Crippen molar-refractivity contribution in [3.63, 3.8) is 0 Å². The van der Waals surface area contributed by atoms with E-state index in [0.29, 0.717) is 36.7 Å². The minimum absolute atomic E-state index is 0.0161. The summed E-state index contributed by atoms with van der Waals surface area (Å²) < 4.78 is 80.8. The monoisotopic (exact) mass is 592 g/mol. The molecule has 2 atom stereocenters. The number of nitrogens with one attached hydrogen (secondary N) is 3. The molecule has 1 saturated heterocycles. The third-order valence-electron chi connectivity index (χ3n) is 7.52. The number of allylic oxidation sites excluding steroid dienone is 2. The summed E-state index contributed by atoms with van der Waals surface area (Å²) in [5, 5.41) is 25.4. The summed E-state index contributed by atoms with van der Waals surface area (Å²) in [6, 6.07) is 0.394. The number of aromatic nitrogens is 1. The molecule has 0 unspecified atom stereocenters. The van der Waals surface area contributed by atoms with Gasteiger partial charge in [-0.3, -0.25) is 10.2 Å². The van der Waals surface area contributed by atoms with Crippen LogP contribution in [0.5, 0.6) is 5.88 Å². The zero-order valence-electron chi connectivity index (χ0n) is 22.9. The van der Waals surface area contributed by atoms with Gasteiger partial charge in [-0.05, 0) is 65.4 Å². The van der Waals surface area contributed by atoms with Gasteiger partial charge in [0, 0.05) is 28.8 Å². The average molecular weight is 593 g/mol. The lowest BCUT2D eigenvalue weighted by Crippen LogP contribution is -2.53. The summed E-state index contributed by atoms with van der Waals surface area (Å²) >= 11 is 0. The van der Waals surface area contributed by atoms with Gasteiger partial charge in [0.25, 0.3) is 0 Å². The minimum atomic E-state index is -4.63. The molecule has 3 rings (SSSR count). The summed E-state index contributed by atoms with van der Waals surface area (Å²) in [6.45, 7) is 5.04. The van der Waals surface area contributed by atoms with Crippen LogP contribution < -0.4 is 15.4 Å². The lowest BCUT2D eigenvalue weighted by molar-refractivity contribution is -0.154. The third-order valence-corrected chi connectivity index (χ3v) is 9.17. The summed E-state index contributed by atoms with van der Waals surface area (Å²) in [7, 11) is -3.13. The molecule has 224 valence electrons. The molecule has 9 nitrogen and oxygen atoms in total. The van der Waals surface area contributed by atoms with Crippen molar-refractivity contribution in [3.05, 3.63) is 34.9 Å². The molecule has 1 amide bonds. The smallest absolute Gasteiger partial charge is 0.422 e. The van der Waals surface area contributed by atoms with Gasteiger partial charge in [-0.25, -0.2) is 17.8 Å². The normalized spacial score (nSPS) is 21.9. The summed E-state index contributed by atoms with van der Waals surface area (Å²) in [5.41, 5.74) is -1.71. The summed E-state index contributed by atoms with van der Waals surface area (Å²) in [6.07, 6.45) is -2.76.